The zero-order chi connectivity index (χ0) is 20.9. The average Bonchev–Trinajstić information content (AvgIpc) is 3.31. The fourth-order valence-electron chi connectivity index (χ4n) is 3.88. The summed E-state index contributed by atoms with van der Waals surface area (Å²) in [6.45, 7) is 2.18. The number of fused-ring (bicyclic) bond motifs is 1. The van der Waals surface area contributed by atoms with E-state index >= 15 is 0 Å². The number of benzene rings is 3. The van der Waals surface area contributed by atoms with E-state index in [0.717, 1.165) is 18.7 Å². The molecule has 0 bridgehead atoms. The summed E-state index contributed by atoms with van der Waals surface area (Å²) in [6.07, 6.45) is 8.08. The van der Waals surface area contributed by atoms with Gasteiger partial charge in [0.15, 0.2) is 0 Å². The number of carboxylic acids is 1. The molecule has 4 rings (SSSR count). The average molecular weight is 394 g/mol. The van der Waals surface area contributed by atoms with Crippen LogP contribution in [0.25, 0.3) is 29.0 Å². The molecule has 1 saturated heterocycles. The standard InChI is InChI=1S/C26H22N2O2/c27-18-22(26(29)30)17-20-9-7-19(8-10-20)11-13-24-23-6-2-1-5-21(23)12-14-25(24)28-15-3-4-16-28/h1-2,5-14,17H,3-4,15-16H2,(H,29,30)/b13-11+,22-17-. The molecule has 1 fully saturated rings. The first kappa shape index (κ1) is 19.5. The first-order valence-corrected chi connectivity index (χ1v) is 10.1. The zero-order valence-electron chi connectivity index (χ0n) is 16.6. The van der Waals surface area contributed by atoms with Gasteiger partial charge in [0.1, 0.15) is 11.6 Å². The molecular weight excluding hydrogens is 372 g/mol. The van der Waals surface area contributed by atoms with Crippen molar-refractivity contribution >= 4 is 40.7 Å². The fourth-order valence-corrected chi connectivity index (χ4v) is 3.88. The van der Waals surface area contributed by atoms with Crippen LogP contribution in [-0.2, 0) is 4.79 Å². The van der Waals surface area contributed by atoms with Crippen LogP contribution < -0.4 is 4.90 Å². The summed E-state index contributed by atoms with van der Waals surface area (Å²) < 4.78 is 0. The molecule has 0 radical (unpaired) electrons. The van der Waals surface area contributed by atoms with Crippen molar-refractivity contribution in [1.82, 2.24) is 0 Å². The van der Waals surface area contributed by atoms with Gasteiger partial charge >= 0.3 is 5.97 Å². The van der Waals surface area contributed by atoms with E-state index in [1.165, 1.54) is 40.9 Å². The number of rotatable bonds is 5. The van der Waals surface area contributed by atoms with Crippen molar-refractivity contribution in [3.05, 3.63) is 82.9 Å². The van der Waals surface area contributed by atoms with Gasteiger partial charge in [-0.3, -0.25) is 0 Å². The first-order valence-electron chi connectivity index (χ1n) is 10.1. The van der Waals surface area contributed by atoms with Crippen LogP contribution >= 0.6 is 0 Å². The maximum Gasteiger partial charge on any atom is 0.346 e. The minimum Gasteiger partial charge on any atom is -0.477 e. The molecule has 3 aromatic rings. The van der Waals surface area contributed by atoms with Crippen LogP contribution in [0.3, 0.4) is 0 Å². The highest BCUT2D eigenvalue weighted by Crippen LogP contribution is 2.32. The molecule has 1 aliphatic rings. The Balaban J connectivity index is 1.67. The lowest BCUT2D eigenvalue weighted by atomic mass is 10.0. The Hall–Kier alpha value is -3.84. The second-order valence-corrected chi connectivity index (χ2v) is 7.39. The molecule has 1 aliphatic heterocycles. The Kier molecular flexibility index (Phi) is 5.63. The lowest BCUT2D eigenvalue weighted by molar-refractivity contribution is -0.132. The molecule has 148 valence electrons. The van der Waals surface area contributed by atoms with Crippen molar-refractivity contribution in [3.8, 4) is 6.07 Å². The quantitative estimate of drug-likeness (QED) is 0.347. The van der Waals surface area contributed by atoms with E-state index in [2.05, 4.69) is 53.5 Å². The third kappa shape index (κ3) is 4.11. The number of carboxylic acid groups (broad SMARTS) is 1. The molecule has 4 heteroatoms. The SMILES string of the molecule is N#C/C(=C/c1ccc(/C=C/c2c(N3CCCC3)ccc3ccccc23)cc1)C(=O)O. The third-order valence-electron chi connectivity index (χ3n) is 5.44. The van der Waals surface area contributed by atoms with E-state index in [0.29, 0.717) is 5.56 Å². The Morgan fingerprint density at radius 2 is 1.63 bits per heavy atom. The van der Waals surface area contributed by atoms with Crippen molar-refractivity contribution in [2.24, 2.45) is 0 Å². The number of carbonyl (C=O) groups is 1. The molecule has 0 saturated carbocycles. The van der Waals surface area contributed by atoms with Crippen molar-refractivity contribution in [2.75, 3.05) is 18.0 Å². The molecule has 0 spiro atoms. The summed E-state index contributed by atoms with van der Waals surface area (Å²) in [6, 6.07) is 22.1. The van der Waals surface area contributed by atoms with Gasteiger partial charge in [0, 0.05) is 24.3 Å². The Bertz CT molecular complexity index is 1180. The van der Waals surface area contributed by atoms with Crippen LogP contribution in [0.4, 0.5) is 5.69 Å². The molecule has 0 aliphatic carbocycles. The van der Waals surface area contributed by atoms with E-state index in [9.17, 15) is 4.79 Å². The summed E-state index contributed by atoms with van der Waals surface area (Å²) in [5.74, 6) is -1.22. The fraction of sp³-hybridized carbons (Fsp3) is 0.154. The highest BCUT2D eigenvalue weighted by molar-refractivity contribution is 5.98. The molecule has 3 aromatic carbocycles. The third-order valence-corrected chi connectivity index (χ3v) is 5.44. The summed E-state index contributed by atoms with van der Waals surface area (Å²) in [4.78, 5) is 13.5. The van der Waals surface area contributed by atoms with E-state index in [4.69, 9.17) is 10.4 Å². The van der Waals surface area contributed by atoms with Crippen LogP contribution in [0.1, 0.15) is 29.5 Å². The lowest BCUT2D eigenvalue weighted by Gasteiger charge is -2.21. The first-order chi connectivity index (χ1) is 14.7. The van der Waals surface area contributed by atoms with Gasteiger partial charge < -0.3 is 10.0 Å². The van der Waals surface area contributed by atoms with Crippen molar-refractivity contribution in [2.45, 2.75) is 12.8 Å². The van der Waals surface area contributed by atoms with Gasteiger partial charge in [0.25, 0.3) is 0 Å². The van der Waals surface area contributed by atoms with Gasteiger partial charge in [-0.25, -0.2) is 4.79 Å². The zero-order valence-corrected chi connectivity index (χ0v) is 16.6. The van der Waals surface area contributed by atoms with Gasteiger partial charge in [-0.2, -0.15) is 5.26 Å². The maximum absolute atomic E-state index is 11.0. The van der Waals surface area contributed by atoms with E-state index in [1.807, 2.05) is 24.3 Å². The summed E-state index contributed by atoms with van der Waals surface area (Å²) in [5, 5.41) is 20.4. The summed E-state index contributed by atoms with van der Waals surface area (Å²) >= 11 is 0. The highest BCUT2D eigenvalue weighted by atomic mass is 16.4. The normalized spacial score (nSPS) is 14.4. The number of hydrogen-bond acceptors (Lipinski definition) is 3. The molecule has 0 unspecified atom stereocenters. The van der Waals surface area contributed by atoms with E-state index in [-0.39, 0.29) is 5.57 Å². The maximum atomic E-state index is 11.0. The number of nitrogens with zero attached hydrogens (tertiary/aromatic N) is 2. The molecular formula is C26H22N2O2. The number of aliphatic carboxylic acids is 1. The van der Waals surface area contributed by atoms with Crippen LogP contribution in [0.2, 0.25) is 0 Å². The molecule has 1 N–H and O–H groups in total. The highest BCUT2D eigenvalue weighted by Gasteiger charge is 2.16. The molecule has 30 heavy (non-hydrogen) atoms. The monoisotopic (exact) mass is 394 g/mol. The van der Waals surface area contributed by atoms with Crippen molar-refractivity contribution in [3.63, 3.8) is 0 Å². The summed E-state index contributed by atoms with van der Waals surface area (Å²) in [7, 11) is 0. The Morgan fingerprint density at radius 3 is 2.33 bits per heavy atom. The van der Waals surface area contributed by atoms with Crippen LogP contribution in [0, 0.1) is 11.3 Å². The molecule has 0 amide bonds. The largest absolute Gasteiger partial charge is 0.477 e. The van der Waals surface area contributed by atoms with Gasteiger partial charge in [0.05, 0.1) is 0 Å². The minimum atomic E-state index is -1.22. The predicted molar refractivity (Wildman–Crippen MR) is 122 cm³/mol. The topological polar surface area (TPSA) is 64.3 Å². The van der Waals surface area contributed by atoms with E-state index < -0.39 is 5.97 Å². The van der Waals surface area contributed by atoms with Crippen LogP contribution in [-0.4, -0.2) is 24.2 Å². The minimum absolute atomic E-state index is 0.274. The Labute approximate surface area is 176 Å². The Morgan fingerprint density at radius 1 is 0.933 bits per heavy atom. The second kappa shape index (κ2) is 8.67. The van der Waals surface area contributed by atoms with Crippen LogP contribution in [0.5, 0.6) is 0 Å². The van der Waals surface area contributed by atoms with Gasteiger partial charge in [-0.15, -0.1) is 0 Å². The smallest absolute Gasteiger partial charge is 0.346 e. The number of nitriles is 1. The number of anilines is 1. The second-order valence-electron chi connectivity index (χ2n) is 7.39. The molecule has 0 atom stereocenters. The molecule has 0 aromatic heterocycles. The lowest BCUT2D eigenvalue weighted by Crippen LogP contribution is -2.18. The molecule has 4 nitrogen and oxygen atoms in total. The van der Waals surface area contributed by atoms with Gasteiger partial charge in [-0.1, -0.05) is 66.7 Å². The van der Waals surface area contributed by atoms with Crippen molar-refractivity contribution < 1.29 is 9.90 Å². The van der Waals surface area contributed by atoms with Crippen LogP contribution in [0.15, 0.2) is 66.2 Å². The van der Waals surface area contributed by atoms with Gasteiger partial charge in [0.2, 0.25) is 0 Å². The van der Waals surface area contributed by atoms with Gasteiger partial charge in [-0.05, 0) is 46.9 Å². The van der Waals surface area contributed by atoms with Crippen molar-refractivity contribution in [1.29, 1.82) is 5.26 Å². The van der Waals surface area contributed by atoms with E-state index in [1.54, 1.807) is 6.07 Å². The molecule has 1 heterocycles. The summed E-state index contributed by atoms with van der Waals surface area (Å²) in [5.41, 5.74) is 3.92. The predicted octanol–water partition coefficient (Wildman–Crippen LogP) is 5.60. The number of hydrogen-bond donors (Lipinski definition) is 1.